The number of primary amides is 1. The molecule has 8 nitrogen and oxygen atoms in total. The number of anilines is 1. The first-order valence-electron chi connectivity index (χ1n) is 9.23. The van der Waals surface area contributed by atoms with E-state index in [0.29, 0.717) is 18.8 Å². The second-order valence-corrected chi connectivity index (χ2v) is 8.60. The predicted octanol–water partition coefficient (Wildman–Crippen LogP) is 2.22. The SMILES string of the molecule is COc1ccc(C(N)=O)cc1NC(=O)c1ccccc1S(=O)(=O)N1CCCCC1. The molecule has 0 radical (unpaired) electrons. The number of hydrogen-bond donors (Lipinski definition) is 2. The lowest BCUT2D eigenvalue weighted by Crippen LogP contribution is -2.36. The molecule has 2 amide bonds. The van der Waals surface area contributed by atoms with Crippen LogP contribution in [0.5, 0.6) is 5.75 Å². The molecule has 1 saturated heterocycles. The zero-order valence-corrected chi connectivity index (χ0v) is 16.9. The van der Waals surface area contributed by atoms with E-state index in [1.165, 1.54) is 41.7 Å². The second kappa shape index (κ2) is 8.62. The van der Waals surface area contributed by atoms with Gasteiger partial charge in [0.25, 0.3) is 5.91 Å². The molecule has 1 aliphatic heterocycles. The Morgan fingerprint density at radius 2 is 1.76 bits per heavy atom. The van der Waals surface area contributed by atoms with Gasteiger partial charge in [-0.1, -0.05) is 18.6 Å². The van der Waals surface area contributed by atoms with Crippen molar-refractivity contribution in [3.05, 3.63) is 53.6 Å². The minimum absolute atomic E-state index is 0.0182. The van der Waals surface area contributed by atoms with Gasteiger partial charge in [-0.05, 0) is 43.2 Å². The van der Waals surface area contributed by atoms with Crippen LogP contribution in [0.4, 0.5) is 5.69 Å². The Balaban J connectivity index is 1.95. The van der Waals surface area contributed by atoms with Gasteiger partial charge in [0, 0.05) is 18.7 Å². The molecule has 0 atom stereocenters. The smallest absolute Gasteiger partial charge is 0.257 e. The molecule has 1 aliphatic rings. The number of piperidine rings is 1. The molecule has 1 heterocycles. The number of carbonyl (C=O) groups excluding carboxylic acids is 2. The summed E-state index contributed by atoms with van der Waals surface area (Å²) >= 11 is 0. The number of amides is 2. The minimum Gasteiger partial charge on any atom is -0.495 e. The number of methoxy groups -OCH3 is 1. The van der Waals surface area contributed by atoms with Crippen LogP contribution >= 0.6 is 0 Å². The molecule has 0 bridgehead atoms. The Morgan fingerprint density at radius 1 is 1.07 bits per heavy atom. The van der Waals surface area contributed by atoms with Gasteiger partial charge < -0.3 is 15.8 Å². The molecule has 9 heteroatoms. The summed E-state index contributed by atoms with van der Waals surface area (Å²) in [4.78, 5) is 24.3. The highest BCUT2D eigenvalue weighted by Crippen LogP contribution is 2.28. The summed E-state index contributed by atoms with van der Waals surface area (Å²) in [6.07, 6.45) is 2.58. The Kier molecular flexibility index (Phi) is 6.19. The first kappa shape index (κ1) is 20.8. The summed E-state index contributed by atoms with van der Waals surface area (Å²) in [5.41, 5.74) is 5.73. The van der Waals surface area contributed by atoms with Gasteiger partial charge >= 0.3 is 0 Å². The van der Waals surface area contributed by atoms with Crippen molar-refractivity contribution in [3.63, 3.8) is 0 Å². The van der Waals surface area contributed by atoms with Crippen LogP contribution in [-0.2, 0) is 10.0 Å². The van der Waals surface area contributed by atoms with E-state index in [4.69, 9.17) is 10.5 Å². The van der Waals surface area contributed by atoms with E-state index >= 15 is 0 Å². The van der Waals surface area contributed by atoms with Crippen molar-refractivity contribution in [1.82, 2.24) is 4.31 Å². The number of nitrogens with one attached hydrogen (secondary N) is 1. The lowest BCUT2D eigenvalue weighted by atomic mass is 10.1. The fourth-order valence-corrected chi connectivity index (χ4v) is 4.98. The molecule has 0 unspecified atom stereocenters. The molecular formula is C20H23N3O5S. The third kappa shape index (κ3) is 4.41. The van der Waals surface area contributed by atoms with Crippen molar-refractivity contribution in [2.24, 2.45) is 5.73 Å². The van der Waals surface area contributed by atoms with E-state index in [2.05, 4.69) is 5.32 Å². The summed E-state index contributed by atoms with van der Waals surface area (Å²) < 4.78 is 32.8. The topological polar surface area (TPSA) is 119 Å². The van der Waals surface area contributed by atoms with Crippen LogP contribution in [0, 0.1) is 0 Å². The van der Waals surface area contributed by atoms with Gasteiger partial charge in [-0.15, -0.1) is 0 Å². The van der Waals surface area contributed by atoms with Crippen LogP contribution in [0.25, 0.3) is 0 Å². The zero-order chi connectivity index (χ0) is 21.0. The molecule has 3 N–H and O–H groups in total. The first-order chi connectivity index (χ1) is 13.8. The highest BCUT2D eigenvalue weighted by atomic mass is 32.2. The summed E-state index contributed by atoms with van der Waals surface area (Å²) in [5, 5.41) is 2.63. The van der Waals surface area contributed by atoms with Crippen LogP contribution in [0.15, 0.2) is 47.4 Å². The molecule has 154 valence electrons. The van der Waals surface area contributed by atoms with Gasteiger partial charge in [-0.3, -0.25) is 9.59 Å². The van der Waals surface area contributed by atoms with E-state index in [9.17, 15) is 18.0 Å². The molecule has 0 spiro atoms. The van der Waals surface area contributed by atoms with E-state index in [1.807, 2.05) is 0 Å². The minimum atomic E-state index is -3.80. The molecular weight excluding hydrogens is 394 g/mol. The number of benzene rings is 2. The molecule has 2 aromatic carbocycles. The maximum absolute atomic E-state index is 13.1. The van der Waals surface area contributed by atoms with E-state index in [-0.39, 0.29) is 21.7 Å². The van der Waals surface area contributed by atoms with Gasteiger partial charge in [-0.2, -0.15) is 4.31 Å². The van der Waals surface area contributed by atoms with Crippen molar-refractivity contribution >= 4 is 27.5 Å². The molecule has 3 rings (SSSR count). The molecule has 0 aliphatic carbocycles. The quantitative estimate of drug-likeness (QED) is 0.747. The third-order valence-corrected chi connectivity index (χ3v) is 6.75. The van der Waals surface area contributed by atoms with Crippen molar-refractivity contribution < 1.29 is 22.7 Å². The van der Waals surface area contributed by atoms with E-state index in [1.54, 1.807) is 12.1 Å². The average molecular weight is 417 g/mol. The summed E-state index contributed by atoms with van der Waals surface area (Å²) in [5.74, 6) is -0.961. The van der Waals surface area contributed by atoms with Crippen molar-refractivity contribution in [2.45, 2.75) is 24.2 Å². The number of carbonyl (C=O) groups is 2. The van der Waals surface area contributed by atoms with Crippen LogP contribution in [0.2, 0.25) is 0 Å². The zero-order valence-electron chi connectivity index (χ0n) is 16.1. The maximum Gasteiger partial charge on any atom is 0.257 e. The average Bonchev–Trinajstić information content (AvgIpc) is 2.74. The highest BCUT2D eigenvalue weighted by Gasteiger charge is 2.30. The van der Waals surface area contributed by atoms with Crippen molar-refractivity contribution in [3.8, 4) is 5.75 Å². The molecule has 29 heavy (non-hydrogen) atoms. The Bertz CT molecular complexity index is 1030. The number of ether oxygens (including phenoxy) is 1. The highest BCUT2D eigenvalue weighted by molar-refractivity contribution is 7.89. The van der Waals surface area contributed by atoms with Gasteiger partial charge in [-0.25, -0.2) is 8.42 Å². The molecule has 2 aromatic rings. The summed E-state index contributed by atoms with van der Waals surface area (Å²) in [6, 6.07) is 10.4. The number of sulfonamides is 1. The lowest BCUT2D eigenvalue weighted by Gasteiger charge is -2.26. The van der Waals surface area contributed by atoms with Crippen LogP contribution in [-0.4, -0.2) is 44.7 Å². The standard InChI is InChI=1S/C20H23N3O5S/c1-28-17-10-9-14(19(21)24)13-16(17)22-20(25)15-7-3-4-8-18(15)29(26,27)23-11-5-2-6-12-23/h3-4,7-10,13H,2,5-6,11-12H2,1H3,(H2,21,24)(H,22,25). The normalized spacial score (nSPS) is 14.9. The molecule has 1 fully saturated rings. The Morgan fingerprint density at radius 3 is 2.41 bits per heavy atom. The van der Waals surface area contributed by atoms with Gasteiger partial charge in [0.2, 0.25) is 15.9 Å². The summed E-state index contributed by atoms with van der Waals surface area (Å²) in [6.45, 7) is 0.875. The number of rotatable bonds is 6. The molecule has 0 saturated carbocycles. The van der Waals surface area contributed by atoms with Crippen molar-refractivity contribution in [2.75, 3.05) is 25.5 Å². The monoisotopic (exact) mass is 417 g/mol. The Labute approximate surface area is 169 Å². The number of nitrogens with zero attached hydrogens (tertiary/aromatic N) is 1. The van der Waals surface area contributed by atoms with Gasteiger partial charge in [0.15, 0.2) is 0 Å². The van der Waals surface area contributed by atoms with Gasteiger partial charge in [0.05, 0.1) is 23.3 Å². The third-order valence-electron chi connectivity index (χ3n) is 4.80. The summed E-state index contributed by atoms with van der Waals surface area (Å²) in [7, 11) is -2.38. The van der Waals surface area contributed by atoms with Gasteiger partial charge in [0.1, 0.15) is 5.75 Å². The van der Waals surface area contributed by atoms with Crippen LogP contribution in [0.3, 0.4) is 0 Å². The second-order valence-electron chi connectivity index (χ2n) is 6.69. The first-order valence-corrected chi connectivity index (χ1v) is 10.7. The number of nitrogens with two attached hydrogens (primary N) is 1. The fraction of sp³-hybridized carbons (Fsp3) is 0.300. The largest absolute Gasteiger partial charge is 0.495 e. The Hall–Kier alpha value is -2.91. The molecule has 0 aromatic heterocycles. The van der Waals surface area contributed by atoms with Crippen LogP contribution < -0.4 is 15.8 Å². The fourth-order valence-electron chi connectivity index (χ4n) is 3.27. The van der Waals surface area contributed by atoms with E-state index in [0.717, 1.165) is 19.3 Å². The van der Waals surface area contributed by atoms with E-state index < -0.39 is 21.8 Å². The van der Waals surface area contributed by atoms with Crippen LogP contribution in [0.1, 0.15) is 40.0 Å². The van der Waals surface area contributed by atoms with Crippen molar-refractivity contribution in [1.29, 1.82) is 0 Å². The number of hydrogen-bond acceptors (Lipinski definition) is 5. The predicted molar refractivity (Wildman–Crippen MR) is 109 cm³/mol. The maximum atomic E-state index is 13.1. The lowest BCUT2D eigenvalue weighted by molar-refractivity contribution is 0.0995.